The van der Waals surface area contributed by atoms with Crippen LogP contribution in [0.5, 0.6) is 11.5 Å². The summed E-state index contributed by atoms with van der Waals surface area (Å²) in [7, 11) is 4.10. The molecule has 4 heteroatoms. The average molecular weight is 420 g/mol. The largest absolute Gasteiger partial charge is 0.497 e. The quantitative estimate of drug-likeness (QED) is 0.317. The summed E-state index contributed by atoms with van der Waals surface area (Å²) >= 11 is 0. The molecule has 0 N–H and O–H groups in total. The molecule has 0 aliphatic rings. The number of nitrogens with zero attached hydrogens (tertiary/aromatic N) is 1. The van der Waals surface area contributed by atoms with Gasteiger partial charge >= 0.3 is 0 Å². The van der Waals surface area contributed by atoms with E-state index in [1.54, 1.807) is 7.11 Å². The van der Waals surface area contributed by atoms with Gasteiger partial charge in [-0.2, -0.15) is 0 Å². The summed E-state index contributed by atoms with van der Waals surface area (Å²) in [5.41, 5.74) is 3.51. The Labute approximate surface area is 182 Å². The Bertz CT molecular complexity index is 987. The Morgan fingerprint density at radius 2 is 1.73 bits per heavy atom. The van der Waals surface area contributed by atoms with Gasteiger partial charge in [-0.1, -0.05) is 77.0 Å². The molecule has 3 rings (SSSR count). The van der Waals surface area contributed by atoms with Crippen LogP contribution in [0.2, 0.25) is 0 Å². The third-order valence-electron chi connectivity index (χ3n) is 5.36. The predicted octanol–water partition coefficient (Wildman–Crippen LogP) is 5.95. The molecule has 0 heterocycles. The standard InChI is InChI=1S/C26H30NO2P/c1-5-26(2,30-25-14-10-9-13-21(25)18-27-3)23-17-22(28-4)15-16-24(23)29-19-20-11-7-6-8-12-20/h6-18,30H,5,19H2,1-4H3/b27-18+. The molecule has 0 fully saturated rings. The molecule has 0 aliphatic carbocycles. The van der Waals surface area contributed by atoms with Crippen molar-refractivity contribution in [1.29, 1.82) is 0 Å². The van der Waals surface area contributed by atoms with Gasteiger partial charge in [-0.15, -0.1) is 0 Å². The number of rotatable bonds is 9. The van der Waals surface area contributed by atoms with Crippen LogP contribution in [0, 0.1) is 0 Å². The summed E-state index contributed by atoms with van der Waals surface area (Å²) in [4.78, 5) is 4.24. The fourth-order valence-corrected chi connectivity index (χ4v) is 5.01. The minimum Gasteiger partial charge on any atom is -0.497 e. The van der Waals surface area contributed by atoms with Gasteiger partial charge in [-0.25, -0.2) is 0 Å². The minimum atomic E-state index is -0.0851. The number of benzene rings is 3. The molecular formula is C26H30NO2P. The zero-order valence-corrected chi connectivity index (χ0v) is 19.2. The van der Waals surface area contributed by atoms with Crippen LogP contribution >= 0.6 is 8.58 Å². The molecule has 3 nitrogen and oxygen atoms in total. The second-order valence-corrected chi connectivity index (χ2v) is 9.31. The molecule has 0 bridgehead atoms. The summed E-state index contributed by atoms with van der Waals surface area (Å²) in [6.45, 7) is 5.10. The molecule has 2 atom stereocenters. The molecule has 30 heavy (non-hydrogen) atoms. The van der Waals surface area contributed by atoms with Gasteiger partial charge in [0.2, 0.25) is 0 Å². The first-order valence-electron chi connectivity index (χ1n) is 10.2. The number of hydrogen-bond donors (Lipinski definition) is 0. The van der Waals surface area contributed by atoms with Crippen LogP contribution in [0.3, 0.4) is 0 Å². The van der Waals surface area contributed by atoms with Crippen LogP contribution in [-0.4, -0.2) is 20.4 Å². The summed E-state index contributed by atoms with van der Waals surface area (Å²) in [6.07, 6.45) is 2.93. The van der Waals surface area contributed by atoms with Crippen LogP contribution in [0.25, 0.3) is 0 Å². The van der Waals surface area contributed by atoms with Gasteiger partial charge in [0.15, 0.2) is 0 Å². The zero-order valence-electron chi connectivity index (χ0n) is 18.2. The van der Waals surface area contributed by atoms with E-state index in [0.29, 0.717) is 15.2 Å². The molecule has 3 aromatic rings. The first-order valence-corrected chi connectivity index (χ1v) is 11.2. The predicted molar refractivity (Wildman–Crippen MR) is 129 cm³/mol. The van der Waals surface area contributed by atoms with Crippen molar-refractivity contribution >= 4 is 20.1 Å². The summed E-state index contributed by atoms with van der Waals surface area (Å²) in [5, 5.41) is 1.22. The van der Waals surface area contributed by atoms with Crippen molar-refractivity contribution in [2.24, 2.45) is 4.99 Å². The van der Waals surface area contributed by atoms with Crippen molar-refractivity contribution in [3.63, 3.8) is 0 Å². The number of hydrogen-bond acceptors (Lipinski definition) is 3. The van der Waals surface area contributed by atoms with Crippen LogP contribution in [0.1, 0.15) is 37.0 Å². The Morgan fingerprint density at radius 3 is 2.43 bits per heavy atom. The van der Waals surface area contributed by atoms with Crippen molar-refractivity contribution in [1.82, 2.24) is 0 Å². The van der Waals surface area contributed by atoms with E-state index >= 15 is 0 Å². The third kappa shape index (κ3) is 5.29. The highest BCUT2D eigenvalue weighted by Crippen LogP contribution is 2.48. The van der Waals surface area contributed by atoms with Gasteiger partial charge in [0, 0.05) is 24.0 Å². The molecule has 2 unspecified atom stereocenters. The van der Waals surface area contributed by atoms with E-state index in [9.17, 15) is 0 Å². The van der Waals surface area contributed by atoms with Crippen molar-refractivity contribution in [3.05, 3.63) is 89.5 Å². The van der Waals surface area contributed by atoms with E-state index in [1.807, 2.05) is 43.6 Å². The lowest BCUT2D eigenvalue weighted by Gasteiger charge is -2.32. The highest BCUT2D eigenvalue weighted by atomic mass is 31.1. The molecule has 0 saturated carbocycles. The zero-order chi connectivity index (χ0) is 21.4. The normalized spacial score (nSPS) is 13.6. The van der Waals surface area contributed by atoms with E-state index in [-0.39, 0.29) is 5.16 Å². The Morgan fingerprint density at radius 1 is 1.00 bits per heavy atom. The van der Waals surface area contributed by atoms with Gasteiger partial charge in [0.25, 0.3) is 0 Å². The third-order valence-corrected chi connectivity index (χ3v) is 7.26. The van der Waals surface area contributed by atoms with Gasteiger partial charge in [0.05, 0.1) is 7.11 Å². The van der Waals surface area contributed by atoms with Crippen molar-refractivity contribution in [2.75, 3.05) is 14.2 Å². The van der Waals surface area contributed by atoms with Crippen LogP contribution in [-0.2, 0) is 11.8 Å². The SMILES string of the molecule is CCC(C)(Pc1ccccc1/C=N/C)c1cc(OC)ccc1OCc1ccccc1. The van der Waals surface area contributed by atoms with Crippen LogP contribution in [0.15, 0.2) is 77.8 Å². The topological polar surface area (TPSA) is 30.8 Å². The minimum absolute atomic E-state index is 0.0851. The van der Waals surface area contributed by atoms with E-state index in [2.05, 4.69) is 61.3 Å². The van der Waals surface area contributed by atoms with Gasteiger partial charge in [-0.05, 0) is 41.1 Å². The molecule has 3 aromatic carbocycles. The van der Waals surface area contributed by atoms with E-state index in [1.165, 1.54) is 16.4 Å². The van der Waals surface area contributed by atoms with E-state index < -0.39 is 0 Å². The van der Waals surface area contributed by atoms with Gasteiger partial charge in [0.1, 0.15) is 18.1 Å². The second-order valence-electron chi connectivity index (χ2n) is 7.42. The monoisotopic (exact) mass is 419 g/mol. The summed E-state index contributed by atoms with van der Waals surface area (Å²) < 4.78 is 11.9. The second kappa shape index (κ2) is 10.4. The van der Waals surface area contributed by atoms with E-state index in [0.717, 1.165) is 23.5 Å². The van der Waals surface area contributed by atoms with Crippen LogP contribution < -0.4 is 14.8 Å². The number of ether oxygens (including phenoxy) is 2. The lowest BCUT2D eigenvalue weighted by Crippen LogP contribution is -2.21. The lowest BCUT2D eigenvalue weighted by molar-refractivity contribution is 0.299. The lowest BCUT2D eigenvalue weighted by atomic mass is 9.96. The van der Waals surface area contributed by atoms with Crippen molar-refractivity contribution in [3.8, 4) is 11.5 Å². The summed E-state index contributed by atoms with van der Waals surface area (Å²) in [5.74, 6) is 1.77. The average Bonchev–Trinajstić information content (AvgIpc) is 2.79. The fraction of sp³-hybridized carbons (Fsp3) is 0.269. The maximum absolute atomic E-state index is 6.31. The molecule has 0 amide bonds. The maximum Gasteiger partial charge on any atom is 0.124 e. The highest BCUT2D eigenvalue weighted by molar-refractivity contribution is 7.48. The van der Waals surface area contributed by atoms with Gasteiger partial charge < -0.3 is 9.47 Å². The molecule has 156 valence electrons. The van der Waals surface area contributed by atoms with Gasteiger partial charge in [-0.3, -0.25) is 4.99 Å². The number of methoxy groups -OCH3 is 1. The molecule has 0 aromatic heterocycles. The van der Waals surface area contributed by atoms with Crippen molar-refractivity contribution < 1.29 is 9.47 Å². The number of aliphatic imine (C=N–C) groups is 1. The fourth-order valence-electron chi connectivity index (χ4n) is 3.43. The Hall–Kier alpha value is -2.64. The molecule has 0 aliphatic heterocycles. The molecule has 0 radical (unpaired) electrons. The van der Waals surface area contributed by atoms with E-state index in [4.69, 9.17) is 9.47 Å². The molecule has 0 saturated heterocycles. The van der Waals surface area contributed by atoms with Crippen LogP contribution in [0.4, 0.5) is 0 Å². The Balaban J connectivity index is 1.97. The molecule has 0 spiro atoms. The first-order chi connectivity index (χ1) is 14.6. The summed E-state index contributed by atoms with van der Waals surface area (Å²) in [6, 6.07) is 24.9. The highest BCUT2D eigenvalue weighted by Gasteiger charge is 2.30. The maximum atomic E-state index is 6.31. The smallest absolute Gasteiger partial charge is 0.124 e. The molecular weight excluding hydrogens is 389 g/mol. The Kier molecular flexibility index (Phi) is 7.65. The van der Waals surface area contributed by atoms with Crippen molar-refractivity contribution in [2.45, 2.75) is 32.0 Å². The first kappa shape index (κ1) is 22.1.